The van der Waals surface area contributed by atoms with Crippen LogP contribution in [0.5, 0.6) is 0 Å². The summed E-state index contributed by atoms with van der Waals surface area (Å²) in [4.78, 5) is 44.2. The Labute approximate surface area is 196 Å². The minimum atomic E-state index is -0.244. The van der Waals surface area contributed by atoms with Crippen LogP contribution in [0.15, 0.2) is 58.5 Å². The molecule has 4 rings (SSSR count). The van der Waals surface area contributed by atoms with Crippen molar-refractivity contribution in [1.82, 2.24) is 14.5 Å². The number of fused-ring (bicyclic) bond motifs is 2. The van der Waals surface area contributed by atoms with E-state index in [0.717, 1.165) is 0 Å². The SMILES string of the molecule is CC(C)OCCCn1c(SCCCN2C(=O)c3ccccc3C2=O)nc2ccccc2c1=O. The van der Waals surface area contributed by atoms with Crippen LogP contribution in [0.1, 0.15) is 47.4 Å². The van der Waals surface area contributed by atoms with E-state index >= 15 is 0 Å². The van der Waals surface area contributed by atoms with Gasteiger partial charge in [-0.1, -0.05) is 36.0 Å². The van der Waals surface area contributed by atoms with Crippen LogP contribution in [0.3, 0.4) is 0 Å². The van der Waals surface area contributed by atoms with E-state index in [4.69, 9.17) is 9.72 Å². The molecule has 8 heteroatoms. The molecule has 2 aromatic carbocycles. The molecule has 0 atom stereocenters. The Morgan fingerprint density at radius 1 is 0.909 bits per heavy atom. The van der Waals surface area contributed by atoms with Crippen LogP contribution in [0.25, 0.3) is 10.9 Å². The number of hydrogen-bond acceptors (Lipinski definition) is 6. The van der Waals surface area contributed by atoms with E-state index in [0.29, 0.717) is 65.5 Å². The van der Waals surface area contributed by atoms with Crippen LogP contribution in [-0.4, -0.2) is 51.3 Å². The average molecular weight is 466 g/mol. The van der Waals surface area contributed by atoms with Crippen LogP contribution < -0.4 is 5.56 Å². The average Bonchev–Trinajstić information content (AvgIpc) is 3.05. The summed E-state index contributed by atoms with van der Waals surface area (Å²) in [5, 5.41) is 1.24. The highest BCUT2D eigenvalue weighted by Crippen LogP contribution is 2.24. The van der Waals surface area contributed by atoms with Crippen LogP contribution in [0.2, 0.25) is 0 Å². The molecule has 2 amide bonds. The summed E-state index contributed by atoms with van der Waals surface area (Å²) in [6.07, 6.45) is 1.46. The summed E-state index contributed by atoms with van der Waals surface area (Å²) in [6.45, 7) is 5.39. The lowest BCUT2D eigenvalue weighted by Gasteiger charge is -2.15. The summed E-state index contributed by atoms with van der Waals surface area (Å²) in [5.74, 6) is 0.138. The van der Waals surface area contributed by atoms with Crippen molar-refractivity contribution >= 4 is 34.5 Å². The number of imide groups is 1. The first-order chi connectivity index (χ1) is 16.0. The number of para-hydroxylation sites is 1. The molecule has 0 aliphatic carbocycles. The molecule has 0 spiro atoms. The van der Waals surface area contributed by atoms with Gasteiger partial charge in [-0.2, -0.15) is 0 Å². The van der Waals surface area contributed by atoms with Crippen molar-refractivity contribution in [1.29, 1.82) is 0 Å². The second kappa shape index (κ2) is 10.3. The first kappa shape index (κ1) is 23.2. The van der Waals surface area contributed by atoms with E-state index in [-0.39, 0.29) is 23.5 Å². The maximum atomic E-state index is 13.1. The monoisotopic (exact) mass is 465 g/mol. The fourth-order valence-electron chi connectivity index (χ4n) is 3.83. The van der Waals surface area contributed by atoms with Crippen molar-refractivity contribution in [2.75, 3.05) is 18.9 Å². The maximum absolute atomic E-state index is 13.1. The molecule has 0 unspecified atom stereocenters. The Hall–Kier alpha value is -2.97. The second-order valence-electron chi connectivity index (χ2n) is 8.15. The highest BCUT2D eigenvalue weighted by atomic mass is 32.2. The lowest BCUT2D eigenvalue weighted by molar-refractivity contribution is 0.0654. The largest absolute Gasteiger partial charge is 0.379 e. The van der Waals surface area contributed by atoms with Gasteiger partial charge in [-0.05, 0) is 51.0 Å². The van der Waals surface area contributed by atoms with Gasteiger partial charge in [0.25, 0.3) is 17.4 Å². The topological polar surface area (TPSA) is 81.5 Å². The molecule has 2 heterocycles. The number of rotatable bonds is 10. The van der Waals surface area contributed by atoms with E-state index in [2.05, 4.69) is 0 Å². The van der Waals surface area contributed by atoms with Gasteiger partial charge in [0.2, 0.25) is 0 Å². The molecule has 0 saturated heterocycles. The Morgan fingerprint density at radius 3 is 2.27 bits per heavy atom. The van der Waals surface area contributed by atoms with Gasteiger partial charge in [0.1, 0.15) is 0 Å². The zero-order chi connectivity index (χ0) is 23.4. The second-order valence-corrected chi connectivity index (χ2v) is 9.21. The summed E-state index contributed by atoms with van der Waals surface area (Å²) < 4.78 is 7.33. The van der Waals surface area contributed by atoms with E-state index in [1.54, 1.807) is 34.9 Å². The maximum Gasteiger partial charge on any atom is 0.262 e. The molecule has 3 aromatic rings. The number of carbonyl (C=O) groups excluding carboxylic acids is 2. The molecule has 7 nitrogen and oxygen atoms in total. The van der Waals surface area contributed by atoms with Gasteiger partial charge >= 0.3 is 0 Å². The van der Waals surface area contributed by atoms with E-state index in [1.165, 1.54) is 16.7 Å². The van der Waals surface area contributed by atoms with Gasteiger partial charge in [-0.3, -0.25) is 23.9 Å². The Bertz CT molecular complexity index is 1200. The van der Waals surface area contributed by atoms with Gasteiger partial charge in [0.15, 0.2) is 5.16 Å². The number of hydrogen-bond donors (Lipinski definition) is 0. The van der Waals surface area contributed by atoms with Crippen LogP contribution in [0.4, 0.5) is 0 Å². The highest BCUT2D eigenvalue weighted by Gasteiger charge is 2.34. The molecule has 1 aliphatic heterocycles. The fraction of sp³-hybridized carbons (Fsp3) is 0.360. The first-order valence-electron chi connectivity index (χ1n) is 11.2. The van der Waals surface area contributed by atoms with Crippen molar-refractivity contribution in [2.24, 2.45) is 0 Å². The predicted molar refractivity (Wildman–Crippen MR) is 129 cm³/mol. The molecule has 0 N–H and O–H groups in total. The number of thioether (sulfide) groups is 1. The normalized spacial score (nSPS) is 13.4. The molecule has 0 saturated carbocycles. The summed E-state index contributed by atoms with van der Waals surface area (Å²) in [7, 11) is 0. The molecule has 0 radical (unpaired) electrons. The Morgan fingerprint density at radius 2 is 1.58 bits per heavy atom. The standard InChI is InChI=1S/C25H27N3O4S/c1-17(2)32-15-7-13-28-24(31)20-11-5-6-12-21(20)26-25(28)33-16-8-14-27-22(29)18-9-3-4-10-19(18)23(27)30/h3-6,9-12,17H,7-8,13-16H2,1-2H3. The molecule has 1 aliphatic rings. The third-order valence-corrected chi connectivity index (χ3v) is 6.50. The number of aromatic nitrogens is 2. The Kier molecular flexibility index (Phi) is 7.25. The first-order valence-corrected chi connectivity index (χ1v) is 12.1. The summed E-state index contributed by atoms with van der Waals surface area (Å²) >= 11 is 1.47. The number of amides is 2. The number of benzene rings is 2. The van der Waals surface area contributed by atoms with Crippen molar-refractivity contribution in [3.8, 4) is 0 Å². The quantitative estimate of drug-likeness (QED) is 0.195. The van der Waals surface area contributed by atoms with Crippen molar-refractivity contribution in [3.05, 3.63) is 70.0 Å². The van der Waals surface area contributed by atoms with Crippen molar-refractivity contribution in [2.45, 2.75) is 44.5 Å². The predicted octanol–water partition coefficient (Wildman–Crippen LogP) is 3.99. The van der Waals surface area contributed by atoms with Gasteiger partial charge in [0.05, 0.1) is 28.1 Å². The molecular formula is C25H27N3O4S. The van der Waals surface area contributed by atoms with Crippen LogP contribution >= 0.6 is 11.8 Å². The molecule has 1 aromatic heterocycles. The van der Waals surface area contributed by atoms with Crippen molar-refractivity contribution in [3.63, 3.8) is 0 Å². The molecule has 0 bridgehead atoms. The van der Waals surface area contributed by atoms with Gasteiger partial charge in [0, 0.05) is 25.4 Å². The number of carbonyl (C=O) groups is 2. The number of ether oxygens (including phenoxy) is 1. The zero-order valence-electron chi connectivity index (χ0n) is 18.8. The lowest BCUT2D eigenvalue weighted by Crippen LogP contribution is -2.31. The molecular weight excluding hydrogens is 438 g/mol. The summed E-state index contributed by atoms with van der Waals surface area (Å²) in [6, 6.07) is 14.2. The Balaban J connectivity index is 1.43. The zero-order valence-corrected chi connectivity index (χ0v) is 19.6. The van der Waals surface area contributed by atoms with E-state index in [9.17, 15) is 14.4 Å². The summed E-state index contributed by atoms with van der Waals surface area (Å²) in [5.41, 5.74) is 1.53. The number of nitrogens with zero attached hydrogens (tertiary/aromatic N) is 3. The van der Waals surface area contributed by atoms with Crippen LogP contribution in [-0.2, 0) is 11.3 Å². The van der Waals surface area contributed by atoms with Crippen LogP contribution in [0, 0.1) is 0 Å². The molecule has 172 valence electrons. The minimum absolute atomic E-state index is 0.0620. The highest BCUT2D eigenvalue weighted by molar-refractivity contribution is 7.99. The molecule has 33 heavy (non-hydrogen) atoms. The molecule has 0 fully saturated rings. The minimum Gasteiger partial charge on any atom is -0.379 e. The van der Waals surface area contributed by atoms with E-state index < -0.39 is 0 Å². The fourth-order valence-corrected chi connectivity index (χ4v) is 4.77. The van der Waals surface area contributed by atoms with Gasteiger partial charge in [-0.15, -0.1) is 0 Å². The lowest BCUT2D eigenvalue weighted by atomic mass is 10.1. The van der Waals surface area contributed by atoms with Gasteiger partial charge < -0.3 is 4.74 Å². The smallest absolute Gasteiger partial charge is 0.262 e. The van der Waals surface area contributed by atoms with Crippen molar-refractivity contribution < 1.29 is 14.3 Å². The van der Waals surface area contributed by atoms with Gasteiger partial charge in [-0.25, -0.2) is 4.98 Å². The third-order valence-electron chi connectivity index (χ3n) is 5.44. The third kappa shape index (κ3) is 5.02. The van der Waals surface area contributed by atoms with E-state index in [1.807, 2.05) is 32.0 Å².